The lowest BCUT2D eigenvalue weighted by molar-refractivity contribution is -0.119. The van der Waals surface area contributed by atoms with Crippen molar-refractivity contribution in [3.05, 3.63) is 46.1 Å². The van der Waals surface area contributed by atoms with Gasteiger partial charge in [0.1, 0.15) is 6.04 Å². The summed E-state index contributed by atoms with van der Waals surface area (Å²) < 4.78 is 1.60. The lowest BCUT2D eigenvalue weighted by atomic mass is 10.1. The van der Waals surface area contributed by atoms with Crippen LogP contribution in [-0.2, 0) is 11.8 Å². The fourth-order valence-corrected chi connectivity index (χ4v) is 3.34. The number of nitrogens with zero attached hydrogens (tertiary/aromatic N) is 3. The topological polar surface area (TPSA) is 67.2 Å². The number of carbonyl (C=O) groups is 2. The quantitative estimate of drug-likeness (QED) is 0.907. The average molecular weight is 367 g/mol. The Labute approximate surface area is 149 Å². The Balaban J connectivity index is 1.77. The molecule has 8 heteroatoms. The minimum Gasteiger partial charge on any atom is -0.327 e. The number of anilines is 1. The van der Waals surface area contributed by atoms with Crippen molar-refractivity contribution in [3.8, 4) is 0 Å². The van der Waals surface area contributed by atoms with Gasteiger partial charge in [-0.25, -0.2) is 0 Å². The standard InChI is InChI=1S/C16H16Cl2N4O2/c1-21-6-4-14(20-21)19-15(23)13-3-2-5-22(13)16(24)10-7-11(17)9-12(18)8-10/h4,6-9,13H,2-3,5H2,1H3,(H,19,20,23)/t13-/m0/s1. The molecule has 2 heterocycles. The van der Waals surface area contributed by atoms with E-state index in [1.54, 1.807) is 47.1 Å². The van der Waals surface area contributed by atoms with E-state index in [0.717, 1.165) is 6.42 Å². The van der Waals surface area contributed by atoms with Crippen molar-refractivity contribution in [1.29, 1.82) is 0 Å². The highest BCUT2D eigenvalue weighted by atomic mass is 35.5. The summed E-state index contributed by atoms with van der Waals surface area (Å²) >= 11 is 11.9. The number of rotatable bonds is 3. The molecule has 3 rings (SSSR count). The molecular weight excluding hydrogens is 351 g/mol. The Morgan fingerprint density at radius 3 is 2.58 bits per heavy atom. The first-order valence-electron chi connectivity index (χ1n) is 7.51. The monoisotopic (exact) mass is 366 g/mol. The zero-order valence-electron chi connectivity index (χ0n) is 13.0. The highest BCUT2D eigenvalue weighted by Gasteiger charge is 2.35. The van der Waals surface area contributed by atoms with Gasteiger partial charge in [0.15, 0.2) is 5.82 Å². The molecule has 126 valence electrons. The van der Waals surface area contributed by atoms with Gasteiger partial charge in [0, 0.05) is 41.5 Å². The third-order valence-electron chi connectivity index (χ3n) is 3.89. The molecule has 1 aromatic heterocycles. The molecule has 2 amide bonds. The average Bonchev–Trinajstić information content (AvgIpc) is 3.14. The Kier molecular flexibility index (Phi) is 4.78. The molecule has 24 heavy (non-hydrogen) atoms. The van der Waals surface area contributed by atoms with Crippen molar-refractivity contribution in [2.45, 2.75) is 18.9 Å². The number of aryl methyl sites for hydroxylation is 1. The van der Waals surface area contributed by atoms with Gasteiger partial charge in [0.05, 0.1) is 0 Å². The van der Waals surface area contributed by atoms with Crippen LogP contribution >= 0.6 is 23.2 Å². The van der Waals surface area contributed by atoms with Crippen LogP contribution in [0.3, 0.4) is 0 Å². The highest BCUT2D eigenvalue weighted by Crippen LogP contribution is 2.25. The molecule has 6 nitrogen and oxygen atoms in total. The van der Waals surface area contributed by atoms with Gasteiger partial charge >= 0.3 is 0 Å². The molecule has 1 atom stereocenters. The maximum absolute atomic E-state index is 12.7. The summed E-state index contributed by atoms with van der Waals surface area (Å²) in [7, 11) is 1.77. The number of halogens is 2. The van der Waals surface area contributed by atoms with Crippen LogP contribution in [0.25, 0.3) is 0 Å². The molecule has 0 unspecified atom stereocenters. The Morgan fingerprint density at radius 2 is 1.96 bits per heavy atom. The Morgan fingerprint density at radius 1 is 1.25 bits per heavy atom. The molecule has 0 saturated carbocycles. The van der Waals surface area contributed by atoms with Crippen LogP contribution in [-0.4, -0.2) is 39.1 Å². The van der Waals surface area contributed by atoms with Crippen molar-refractivity contribution >= 4 is 40.8 Å². The largest absolute Gasteiger partial charge is 0.327 e. The molecule has 1 fully saturated rings. The summed E-state index contributed by atoms with van der Waals surface area (Å²) in [6, 6.07) is 5.85. The number of likely N-dealkylation sites (tertiary alicyclic amines) is 1. The smallest absolute Gasteiger partial charge is 0.254 e. The Bertz CT molecular complexity index is 770. The number of hydrogen-bond donors (Lipinski definition) is 1. The minimum absolute atomic E-state index is 0.243. The van der Waals surface area contributed by atoms with E-state index in [1.165, 1.54) is 0 Å². The van der Waals surface area contributed by atoms with E-state index in [0.29, 0.717) is 34.4 Å². The number of nitrogens with one attached hydrogen (secondary N) is 1. The van der Waals surface area contributed by atoms with Crippen LogP contribution in [0.4, 0.5) is 5.82 Å². The summed E-state index contributed by atoms with van der Waals surface area (Å²) in [5, 5.41) is 7.64. The minimum atomic E-state index is -0.530. The second kappa shape index (κ2) is 6.83. The van der Waals surface area contributed by atoms with Gasteiger partial charge in [-0.05, 0) is 31.0 Å². The van der Waals surface area contributed by atoms with Gasteiger partial charge in [-0.2, -0.15) is 5.10 Å². The summed E-state index contributed by atoms with van der Waals surface area (Å²) in [4.78, 5) is 26.8. The normalized spacial score (nSPS) is 17.1. The summed E-state index contributed by atoms with van der Waals surface area (Å²) in [5.41, 5.74) is 0.380. The van der Waals surface area contributed by atoms with Crippen LogP contribution in [0.2, 0.25) is 10.0 Å². The second-order valence-electron chi connectivity index (χ2n) is 5.68. The van der Waals surface area contributed by atoms with Crippen LogP contribution in [0, 0.1) is 0 Å². The fourth-order valence-electron chi connectivity index (χ4n) is 2.82. The fraction of sp³-hybridized carbons (Fsp3) is 0.312. The third-order valence-corrected chi connectivity index (χ3v) is 4.33. The zero-order chi connectivity index (χ0) is 17.3. The van der Waals surface area contributed by atoms with E-state index in [2.05, 4.69) is 10.4 Å². The lowest BCUT2D eigenvalue weighted by Gasteiger charge is -2.23. The van der Waals surface area contributed by atoms with Gasteiger partial charge in [-0.15, -0.1) is 0 Å². The molecule has 2 aromatic rings. The molecule has 1 aliphatic heterocycles. The van der Waals surface area contributed by atoms with Crippen LogP contribution in [0.15, 0.2) is 30.5 Å². The summed E-state index contributed by atoms with van der Waals surface area (Å²) in [6.45, 7) is 0.517. The lowest BCUT2D eigenvalue weighted by Crippen LogP contribution is -2.43. The first-order chi connectivity index (χ1) is 11.4. The molecule has 1 saturated heterocycles. The van der Waals surface area contributed by atoms with Gasteiger partial charge in [-0.1, -0.05) is 23.2 Å². The van der Waals surface area contributed by atoms with E-state index in [9.17, 15) is 9.59 Å². The predicted molar refractivity (Wildman–Crippen MR) is 92.4 cm³/mol. The van der Waals surface area contributed by atoms with Gasteiger partial charge in [0.2, 0.25) is 5.91 Å². The van der Waals surface area contributed by atoms with Crippen molar-refractivity contribution in [1.82, 2.24) is 14.7 Å². The summed E-state index contributed by atoms with van der Waals surface area (Å²) in [6.07, 6.45) is 3.11. The molecule has 1 aliphatic rings. The highest BCUT2D eigenvalue weighted by molar-refractivity contribution is 6.35. The van der Waals surface area contributed by atoms with Crippen LogP contribution in [0.5, 0.6) is 0 Å². The zero-order valence-corrected chi connectivity index (χ0v) is 14.5. The van der Waals surface area contributed by atoms with E-state index in [4.69, 9.17) is 23.2 Å². The number of carbonyl (C=O) groups excluding carboxylic acids is 2. The van der Waals surface area contributed by atoms with Gasteiger partial charge < -0.3 is 10.2 Å². The maximum Gasteiger partial charge on any atom is 0.254 e. The van der Waals surface area contributed by atoms with Crippen LogP contribution < -0.4 is 5.32 Å². The molecular formula is C16H16Cl2N4O2. The number of amides is 2. The Hall–Kier alpha value is -2.05. The van der Waals surface area contributed by atoms with E-state index in [1.807, 2.05) is 0 Å². The second-order valence-corrected chi connectivity index (χ2v) is 6.55. The van der Waals surface area contributed by atoms with E-state index in [-0.39, 0.29) is 11.8 Å². The first kappa shape index (κ1) is 16.8. The van der Waals surface area contributed by atoms with Crippen LogP contribution in [0.1, 0.15) is 23.2 Å². The third kappa shape index (κ3) is 3.55. The van der Waals surface area contributed by atoms with Gasteiger partial charge in [-0.3, -0.25) is 14.3 Å². The maximum atomic E-state index is 12.7. The van der Waals surface area contributed by atoms with Crippen molar-refractivity contribution < 1.29 is 9.59 Å². The molecule has 0 aliphatic carbocycles. The predicted octanol–water partition coefficient (Wildman–Crippen LogP) is 2.97. The molecule has 1 aromatic carbocycles. The number of aromatic nitrogens is 2. The SMILES string of the molecule is Cn1ccc(NC(=O)[C@@H]2CCCN2C(=O)c2cc(Cl)cc(Cl)c2)n1. The molecule has 0 bridgehead atoms. The summed E-state index contributed by atoms with van der Waals surface area (Å²) in [5.74, 6) is -0.0293. The van der Waals surface area contributed by atoms with E-state index < -0.39 is 6.04 Å². The number of benzene rings is 1. The van der Waals surface area contributed by atoms with Gasteiger partial charge in [0.25, 0.3) is 5.91 Å². The first-order valence-corrected chi connectivity index (χ1v) is 8.27. The van der Waals surface area contributed by atoms with Crippen molar-refractivity contribution in [2.75, 3.05) is 11.9 Å². The molecule has 0 radical (unpaired) electrons. The van der Waals surface area contributed by atoms with Crippen molar-refractivity contribution in [3.63, 3.8) is 0 Å². The molecule has 0 spiro atoms. The van der Waals surface area contributed by atoms with E-state index >= 15 is 0 Å². The molecule has 1 N–H and O–H groups in total. The van der Waals surface area contributed by atoms with Crippen molar-refractivity contribution in [2.24, 2.45) is 7.05 Å². The number of hydrogen-bond acceptors (Lipinski definition) is 3.